The number of likely N-dealkylation sites (tertiary alicyclic amines) is 1. The van der Waals surface area contributed by atoms with Crippen LogP contribution in [0.15, 0.2) is 4.42 Å². The molecule has 0 aromatic carbocycles. The number of carbonyl (C=O) groups is 1. The summed E-state index contributed by atoms with van der Waals surface area (Å²) in [6.07, 6.45) is 4.97. The maximum Gasteiger partial charge on any atom is 0.273 e. The predicted octanol–water partition coefficient (Wildman–Crippen LogP) is 1.90. The van der Waals surface area contributed by atoms with Crippen LogP contribution in [0.3, 0.4) is 0 Å². The van der Waals surface area contributed by atoms with E-state index in [0.29, 0.717) is 23.9 Å². The Bertz CT molecular complexity index is 422. The monoisotopic (exact) mass is 265 g/mol. The van der Waals surface area contributed by atoms with Gasteiger partial charge < -0.3 is 14.6 Å². The van der Waals surface area contributed by atoms with E-state index >= 15 is 0 Å². The molecule has 0 spiro atoms. The summed E-state index contributed by atoms with van der Waals surface area (Å²) in [6.45, 7) is 7.69. The standard InChI is InChI=1S/C14H23N3O2/c1-11-13(16-12(2)19-11)14(18)15-7-6-10-17-8-4-3-5-9-17/h3-10H2,1-2H3,(H,15,18). The summed E-state index contributed by atoms with van der Waals surface area (Å²) in [5, 5.41) is 2.90. The van der Waals surface area contributed by atoms with Gasteiger partial charge in [-0.1, -0.05) is 6.42 Å². The van der Waals surface area contributed by atoms with Gasteiger partial charge in [-0.25, -0.2) is 4.98 Å². The Balaban J connectivity index is 1.67. The number of hydrogen-bond acceptors (Lipinski definition) is 4. The normalized spacial score (nSPS) is 16.5. The largest absolute Gasteiger partial charge is 0.445 e. The van der Waals surface area contributed by atoms with Crippen molar-refractivity contribution in [1.82, 2.24) is 15.2 Å². The van der Waals surface area contributed by atoms with Gasteiger partial charge >= 0.3 is 0 Å². The lowest BCUT2D eigenvalue weighted by Crippen LogP contribution is -2.33. The van der Waals surface area contributed by atoms with Crippen LogP contribution >= 0.6 is 0 Å². The number of piperidine rings is 1. The zero-order chi connectivity index (χ0) is 13.7. The van der Waals surface area contributed by atoms with E-state index < -0.39 is 0 Å². The number of aromatic nitrogens is 1. The number of amides is 1. The molecule has 0 unspecified atom stereocenters. The molecule has 1 aromatic heterocycles. The minimum absolute atomic E-state index is 0.131. The lowest BCUT2D eigenvalue weighted by Gasteiger charge is -2.26. The number of nitrogens with zero attached hydrogens (tertiary/aromatic N) is 2. The van der Waals surface area contributed by atoms with Crippen LogP contribution in [-0.2, 0) is 0 Å². The van der Waals surface area contributed by atoms with Crippen molar-refractivity contribution >= 4 is 5.91 Å². The first-order valence-electron chi connectivity index (χ1n) is 7.11. The average Bonchev–Trinajstić information content (AvgIpc) is 2.75. The van der Waals surface area contributed by atoms with Crippen molar-refractivity contribution in [3.05, 3.63) is 17.3 Å². The van der Waals surface area contributed by atoms with Crippen molar-refractivity contribution in [2.75, 3.05) is 26.2 Å². The number of aryl methyl sites for hydroxylation is 2. The summed E-state index contributed by atoms with van der Waals surface area (Å²) in [4.78, 5) is 18.4. The average molecular weight is 265 g/mol. The Labute approximate surface area is 114 Å². The van der Waals surface area contributed by atoms with E-state index in [-0.39, 0.29) is 5.91 Å². The third-order valence-corrected chi connectivity index (χ3v) is 3.50. The predicted molar refractivity (Wildman–Crippen MR) is 73.2 cm³/mol. The molecule has 0 bridgehead atoms. The molecule has 1 saturated heterocycles. The molecular formula is C14H23N3O2. The van der Waals surface area contributed by atoms with Gasteiger partial charge in [-0.3, -0.25) is 4.79 Å². The number of nitrogens with one attached hydrogen (secondary N) is 1. The van der Waals surface area contributed by atoms with Gasteiger partial charge in [0.1, 0.15) is 5.76 Å². The molecule has 106 valence electrons. The Morgan fingerprint density at radius 3 is 2.68 bits per heavy atom. The van der Waals surface area contributed by atoms with Crippen molar-refractivity contribution in [3.8, 4) is 0 Å². The molecule has 5 nitrogen and oxygen atoms in total. The molecule has 1 N–H and O–H groups in total. The van der Waals surface area contributed by atoms with Gasteiger partial charge in [0.15, 0.2) is 11.6 Å². The molecule has 0 saturated carbocycles. The van der Waals surface area contributed by atoms with E-state index in [1.807, 2.05) is 0 Å². The molecule has 1 aliphatic rings. The van der Waals surface area contributed by atoms with Crippen molar-refractivity contribution in [3.63, 3.8) is 0 Å². The van der Waals surface area contributed by atoms with Crippen LogP contribution in [0.2, 0.25) is 0 Å². The molecule has 0 radical (unpaired) electrons. The highest BCUT2D eigenvalue weighted by molar-refractivity contribution is 5.93. The molecule has 1 aromatic rings. The van der Waals surface area contributed by atoms with Crippen LogP contribution in [-0.4, -0.2) is 42.0 Å². The molecule has 2 heterocycles. The molecular weight excluding hydrogens is 242 g/mol. The van der Waals surface area contributed by atoms with Crippen LogP contribution in [0.4, 0.5) is 0 Å². The third kappa shape index (κ3) is 4.06. The smallest absolute Gasteiger partial charge is 0.273 e. The van der Waals surface area contributed by atoms with E-state index in [9.17, 15) is 4.79 Å². The van der Waals surface area contributed by atoms with E-state index in [1.54, 1.807) is 13.8 Å². The van der Waals surface area contributed by atoms with Crippen molar-refractivity contribution in [2.24, 2.45) is 0 Å². The Kier molecular flexibility index (Phi) is 4.96. The third-order valence-electron chi connectivity index (χ3n) is 3.50. The zero-order valence-electron chi connectivity index (χ0n) is 11.9. The maximum absolute atomic E-state index is 11.9. The van der Waals surface area contributed by atoms with Gasteiger partial charge in [0.25, 0.3) is 5.91 Å². The Morgan fingerprint density at radius 2 is 2.05 bits per heavy atom. The first kappa shape index (κ1) is 14.1. The fraction of sp³-hybridized carbons (Fsp3) is 0.714. The lowest BCUT2D eigenvalue weighted by molar-refractivity contribution is 0.0945. The molecule has 1 aliphatic heterocycles. The summed E-state index contributed by atoms with van der Waals surface area (Å²) in [7, 11) is 0. The van der Waals surface area contributed by atoms with E-state index in [2.05, 4.69) is 15.2 Å². The van der Waals surface area contributed by atoms with Crippen LogP contribution in [0.5, 0.6) is 0 Å². The molecule has 2 rings (SSSR count). The number of carbonyl (C=O) groups excluding carboxylic acids is 1. The van der Waals surface area contributed by atoms with Crippen molar-refractivity contribution < 1.29 is 9.21 Å². The minimum atomic E-state index is -0.131. The van der Waals surface area contributed by atoms with Gasteiger partial charge in [-0.15, -0.1) is 0 Å². The van der Waals surface area contributed by atoms with Gasteiger partial charge in [0.05, 0.1) is 0 Å². The Morgan fingerprint density at radius 1 is 1.32 bits per heavy atom. The quantitative estimate of drug-likeness (QED) is 0.826. The van der Waals surface area contributed by atoms with Crippen molar-refractivity contribution in [2.45, 2.75) is 39.5 Å². The highest BCUT2D eigenvalue weighted by Gasteiger charge is 2.15. The lowest BCUT2D eigenvalue weighted by atomic mass is 10.1. The molecule has 1 amide bonds. The molecule has 0 atom stereocenters. The number of rotatable bonds is 5. The van der Waals surface area contributed by atoms with Gasteiger partial charge in [0, 0.05) is 13.5 Å². The summed E-state index contributed by atoms with van der Waals surface area (Å²) in [6, 6.07) is 0. The van der Waals surface area contributed by atoms with Gasteiger partial charge in [-0.2, -0.15) is 0 Å². The fourth-order valence-electron chi connectivity index (χ4n) is 2.51. The van der Waals surface area contributed by atoms with E-state index in [4.69, 9.17) is 4.42 Å². The maximum atomic E-state index is 11.9. The topological polar surface area (TPSA) is 58.4 Å². The van der Waals surface area contributed by atoms with Crippen LogP contribution < -0.4 is 5.32 Å². The van der Waals surface area contributed by atoms with Crippen molar-refractivity contribution in [1.29, 1.82) is 0 Å². The highest BCUT2D eigenvalue weighted by atomic mass is 16.4. The van der Waals surface area contributed by atoms with E-state index in [0.717, 1.165) is 13.0 Å². The van der Waals surface area contributed by atoms with Crippen LogP contribution in [0.1, 0.15) is 47.8 Å². The summed E-state index contributed by atoms with van der Waals surface area (Å²) < 4.78 is 5.26. The number of hydrogen-bond donors (Lipinski definition) is 1. The summed E-state index contributed by atoms with van der Waals surface area (Å²) >= 11 is 0. The second kappa shape index (κ2) is 6.70. The second-order valence-electron chi connectivity index (χ2n) is 5.15. The van der Waals surface area contributed by atoms with Crippen LogP contribution in [0, 0.1) is 13.8 Å². The summed E-state index contributed by atoms with van der Waals surface area (Å²) in [5.41, 5.74) is 0.412. The molecule has 19 heavy (non-hydrogen) atoms. The fourth-order valence-corrected chi connectivity index (χ4v) is 2.51. The molecule has 5 heteroatoms. The second-order valence-corrected chi connectivity index (χ2v) is 5.15. The van der Waals surface area contributed by atoms with Crippen LogP contribution in [0.25, 0.3) is 0 Å². The first-order chi connectivity index (χ1) is 9.16. The SMILES string of the molecule is Cc1nc(C(=O)NCCCN2CCCCC2)c(C)o1. The van der Waals surface area contributed by atoms with Gasteiger partial charge in [-0.05, 0) is 45.8 Å². The van der Waals surface area contributed by atoms with E-state index in [1.165, 1.54) is 32.4 Å². The summed E-state index contributed by atoms with van der Waals surface area (Å²) in [5.74, 6) is 0.995. The highest BCUT2D eigenvalue weighted by Crippen LogP contribution is 2.09. The molecule has 0 aliphatic carbocycles. The number of oxazole rings is 1. The first-order valence-corrected chi connectivity index (χ1v) is 7.11. The zero-order valence-corrected chi connectivity index (χ0v) is 11.9. The molecule has 1 fully saturated rings. The van der Waals surface area contributed by atoms with Gasteiger partial charge in [0.2, 0.25) is 0 Å². The minimum Gasteiger partial charge on any atom is -0.445 e. The Hall–Kier alpha value is -1.36.